The van der Waals surface area contributed by atoms with E-state index >= 15 is 0 Å². The average Bonchev–Trinajstić information content (AvgIpc) is 3.26. The molecule has 1 fully saturated rings. The van der Waals surface area contributed by atoms with E-state index in [0.29, 0.717) is 41.0 Å². The highest BCUT2D eigenvalue weighted by Crippen LogP contribution is 2.40. The van der Waals surface area contributed by atoms with Crippen LogP contribution in [0, 0.1) is 0 Å². The van der Waals surface area contributed by atoms with Crippen LogP contribution in [0.1, 0.15) is 43.0 Å². The number of hydrogen-bond acceptors (Lipinski definition) is 7. The molecule has 1 atom stereocenters. The monoisotopic (exact) mass is 591 g/mol. The van der Waals surface area contributed by atoms with Crippen molar-refractivity contribution in [3.8, 4) is 23.0 Å². The summed E-state index contributed by atoms with van der Waals surface area (Å²) >= 11 is 6.10. The van der Waals surface area contributed by atoms with Crippen molar-refractivity contribution in [2.75, 3.05) is 47.6 Å². The Bertz CT molecular complexity index is 1530. The van der Waals surface area contributed by atoms with Gasteiger partial charge in [-0.3, -0.25) is 4.79 Å². The molecule has 5 rings (SSSR count). The van der Waals surface area contributed by atoms with E-state index in [4.69, 9.17) is 35.6 Å². The average molecular weight is 592 g/mol. The summed E-state index contributed by atoms with van der Waals surface area (Å²) in [7, 11) is 4.77. The van der Waals surface area contributed by atoms with E-state index in [9.17, 15) is 4.79 Å². The number of likely N-dealkylation sites (tertiary alicyclic amines) is 1. The fraction of sp³-hybridized carbons (Fsp3) is 0.394. The van der Waals surface area contributed by atoms with Gasteiger partial charge < -0.3 is 23.8 Å². The Balaban J connectivity index is 1.23. The Morgan fingerprint density at radius 3 is 2.31 bits per heavy atom. The smallest absolute Gasteiger partial charge is 0.274 e. The Hall–Kier alpha value is -3.75. The summed E-state index contributed by atoms with van der Waals surface area (Å²) in [5.41, 5.74) is 2.02. The summed E-state index contributed by atoms with van der Waals surface area (Å²) in [5.74, 6) is 2.36. The van der Waals surface area contributed by atoms with E-state index in [1.165, 1.54) is 0 Å². The summed E-state index contributed by atoms with van der Waals surface area (Å²) in [6, 6.07) is 19.3. The number of aromatic nitrogens is 2. The highest BCUT2D eigenvalue weighted by Gasteiger charge is 2.22. The lowest BCUT2D eigenvalue weighted by molar-refractivity contribution is 0.235. The molecule has 0 saturated carbocycles. The van der Waals surface area contributed by atoms with Crippen molar-refractivity contribution < 1.29 is 18.9 Å². The minimum Gasteiger partial charge on any atom is -0.493 e. The van der Waals surface area contributed by atoms with Crippen LogP contribution in [0.5, 0.6) is 23.0 Å². The Morgan fingerprint density at radius 2 is 1.62 bits per heavy atom. The number of methoxy groups -OCH3 is 3. The molecule has 0 amide bonds. The lowest BCUT2D eigenvalue weighted by Crippen LogP contribution is -2.30. The maximum atomic E-state index is 13.6. The Morgan fingerprint density at radius 1 is 0.905 bits per heavy atom. The zero-order chi connectivity index (χ0) is 29.5. The molecule has 3 aromatic carbocycles. The quantitative estimate of drug-likeness (QED) is 0.193. The van der Waals surface area contributed by atoms with Gasteiger partial charge in [-0.2, -0.15) is 5.10 Å². The molecule has 0 bridgehead atoms. The summed E-state index contributed by atoms with van der Waals surface area (Å²) in [6.45, 7) is 3.38. The normalized spacial score (nSPS) is 15.8. The van der Waals surface area contributed by atoms with Crippen molar-refractivity contribution in [2.45, 2.75) is 38.1 Å². The Labute approximate surface area is 251 Å². The van der Waals surface area contributed by atoms with Gasteiger partial charge in [-0.25, -0.2) is 4.68 Å². The second-order valence-electron chi connectivity index (χ2n) is 10.5. The first-order valence-electron chi connectivity index (χ1n) is 14.4. The van der Waals surface area contributed by atoms with Gasteiger partial charge in [0, 0.05) is 42.1 Å². The molecular formula is C33H38ClN3O5. The van der Waals surface area contributed by atoms with E-state index in [0.717, 1.165) is 67.3 Å². The van der Waals surface area contributed by atoms with Crippen LogP contribution in [-0.2, 0) is 6.42 Å². The standard InChI is InChI=1S/C33H38ClN3O5/c1-39-30-21-26(22-31(40-2)32(30)41-3)42-19-7-17-36-16-6-8-25(15-18-36)37-33(38)28-10-5-4-9-27(28)29(35-37)20-23-11-13-24(34)14-12-23/h4-5,9-14,21-22,25H,6-8,15-20H2,1-3H3. The van der Waals surface area contributed by atoms with Crippen molar-refractivity contribution in [1.82, 2.24) is 14.7 Å². The van der Waals surface area contributed by atoms with E-state index in [-0.39, 0.29) is 11.6 Å². The second kappa shape index (κ2) is 13.9. The maximum Gasteiger partial charge on any atom is 0.274 e. The first kappa shape index (κ1) is 29.7. The SMILES string of the molecule is COc1cc(OCCCN2CCCC(n3nc(Cc4ccc(Cl)cc4)c4ccccc4c3=O)CC2)cc(OC)c1OC. The molecule has 0 aliphatic carbocycles. The van der Waals surface area contributed by atoms with Gasteiger partial charge in [0.05, 0.1) is 45.1 Å². The van der Waals surface area contributed by atoms with Crippen LogP contribution >= 0.6 is 11.6 Å². The molecule has 2 heterocycles. The van der Waals surface area contributed by atoms with Crippen LogP contribution in [0.3, 0.4) is 0 Å². The Kier molecular flexibility index (Phi) is 9.87. The third-order valence-corrected chi connectivity index (χ3v) is 8.10. The highest BCUT2D eigenvalue weighted by molar-refractivity contribution is 6.30. The molecule has 1 saturated heterocycles. The number of nitrogens with zero attached hydrogens (tertiary/aromatic N) is 3. The largest absolute Gasteiger partial charge is 0.493 e. The number of rotatable bonds is 11. The molecule has 0 radical (unpaired) electrons. The predicted molar refractivity (Wildman–Crippen MR) is 166 cm³/mol. The molecule has 1 aromatic heterocycles. The van der Waals surface area contributed by atoms with E-state index in [1.807, 2.05) is 60.7 Å². The van der Waals surface area contributed by atoms with Gasteiger partial charge in [-0.05, 0) is 56.0 Å². The van der Waals surface area contributed by atoms with Crippen LogP contribution < -0.4 is 24.5 Å². The first-order chi connectivity index (χ1) is 20.5. The number of benzene rings is 3. The van der Waals surface area contributed by atoms with Crippen molar-refractivity contribution in [1.29, 1.82) is 0 Å². The summed E-state index contributed by atoms with van der Waals surface area (Å²) in [6.07, 6.45) is 4.32. The molecule has 42 heavy (non-hydrogen) atoms. The molecule has 222 valence electrons. The molecule has 1 aliphatic rings. The molecule has 0 spiro atoms. The van der Waals surface area contributed by atoms with E-state index in [2.05, 4.69) is 4.90 Å². The van der Waals surface area contributed by atoms with E-state index < -0.39 is 0 Å². The number of hydrogen-bond donors (Lipinski definition) is 0. The van der Waals surface area contributed by atoms with E-state index in [1.54, 1.807) is 26.0 Å². The van der Waals surface area contributed by atoms with Gasteiger partial charge in [0.1, 0.15) is 5.75 Å². The maximum absolute atomic E-state index is 13.6. The molecule has 8 nitrogen and oxygen atoms in total. The zero-order valence-corrected chi connectivity index (χ0v) is 25.2. The minimum absolute atomic E-state index is 0.0114. The number of halogens is 1. The molecule has 9 heteroatoms. The molecule has 4 aromatic rings. The third-order valence-electron chi connectivity index (χ3n) is 7.85. The van der Waals surface area contributed by atoms with Crippen LogP contribution in [0.2, 0.25) is 5.02 Å². The fourth-order valence-corrected chi connectivity index (χ4v) is 5.80. The summed E-state index contributed by atoms with van der Waals surface area (Å²) in [5, 5.41) is 7.30. The van der Waals surface area contributed by atoms with Crippen LogP contribution in [-0.4, -0.2) is 62.3 Å². The van der Waals surface area contributed by atoms with Gasteiger partial charge in [-0.15, -0.1) is 0 Å². The van der Waals surface area contributed by atoms with Gasteiger partial charge in [0.25, 0.3) is 5.56 Å². The molecule has 1 aliphatic heterocycles. The van der Waals surface area contributed by atoms with Gasteiger partial charge in [0.15, 0.2) is 11.5 Å². The molecule has 0 N–H and O–H groups in total. The van der Waals surface area contributed by atoms with Crippen molar-refractivity contribution in [2.24, 2.45) is 0 Å². The predicted octanol–water partition coefficient (Wildman–Crippen LogP) is 6.16. The van der Waals surface area contributed by atoms with Crippen molar-refractivity contribution in [3.05, 3.63) is 87.3 Å². The third kappa shape index (κ3) is 6.82. The highest BCUT2D eigenvalue weighted by atomic mass is 35.5. The topological polar surface area (TPSA) is 75.1 Å². The second-order valence-corrected chi connectivity index (χ2v) is 11.0. The fourth-order valence-electron chi connectivity index (χ4n) is 5.67. The van der Waals surface area contributed by atoms with Crippen molar-refractivity contribution in [3.63, 3.8) is 0 Å². The van der Waals surface area contributed by atoms with Gasteiger partial charge >= 0.3 is 0 Å². The lowest BCUT2D eigenvalue weighted by Gasteiger charge is -2.21. The molecule has 1 unspecified atom stereocenters. The van der Waals surface area contributed by atoms with Crippen LogP contribution in [0.4, 0.5) is 0 Å². The first-order valence-corrected chi connectivity index (χ1v) is 14.8. The zero-order valence-electron chi connectivity index (χ0n) is 24.5. The number of fused-ring (bicyclic) bond motifs is 1. The van der Waals surface area contributed by atoms with Crippen molar-refractivity contribution >= 4 is 22.4 Å². The summed E-state index contributed by atoms with van der Waals surface area (Å²) < 4.78 is 24.0. The minimum atomic E-state index is -0.0114. The van der Waals surface area contributed by atoms with Gasteiger partial charge in [0.2, 0.25) is 5.75 Å². The summed E-state index contributed by atoms with van der Waals surface area (Å²) in [4.78, 5) is 16.0. The molecular weight excluding hydrogens is 554 g/mol. The number of ether oxygens (including phenoxy) is 4. The van der Waals surface area contributed by atoms with Gasteiger partial charge in [-0.1, -0.05) is 41.9 Å². The van der Waals surface area contributed by atoms with Crippen LogP contribution in [0.15, 0.2) is 65.5 Å². The van der Waals surface area contributed by atoms with Crippen LogP contribution in [0.25, 0.3) is 10.8 Å². The lowest BCUT2D eigenvalue weighted by atomic mass is 10.0.